The van der Waals surface area contributed by atoms with Gasteiger partial charge in [0.25, 0.3) is 0 Å². The molecule has 0 aliphatic carbocycles. The van der Waals surface area contributed by atoms with Crippen LogP contribution in [-0.2, 0) is 4.79 Å². The van der Waals surface area contributed by atoms with Gasteiger partial charge in [-0.25, -0.2) is 0 Å². The smallest absolute Gasteiger partial charge is 0.246 e. The van der Waals surface area contributed by atoms with Gasteiger partial charge in [-0.3, -0.25) is 4.79 Å². The predicted octanol–water partition coefficient (Wildman–Crippen LogP) is -0.351. The molecule has 1 saturated heterocycles. The maximum absolute atomic E-state index is 11.4. The van der Waals surface area contributed by atoms with Crippen molar-refractivity contribution in [3.63, 3.8) is 0 Å². The summed E-state index contributed by atoms with van der Waals surface area (Å²) in [6, 6.07) is 0. The molecule has 1 rings (SSSR count). The summed E-state index contributed by atoms with van der Waals surface area (Å²) in [4.78, 5) is 11.4. The molecule has 14 heavy (non-hydrogen) atoms. The molecule has 0 bridgehead atoms. The summed E-state index contributed by atoms with van der Waals surface area (Å²) in [5, 5.41) is 15.3. The molecule has 0 radical (unpaired) electrons. The summed E-state index contributed by atoms with van der Waals surface area (Å²) in [6.45, 7) is 5.55. The van der Waals surface area contributed by atoms with E-state index in [2.05, 4.69) is 10.6 Å². The highest BCUT2D eigenvalue weighted by atomic mass is 16.3. The second-order valence-corrected chi connectivity index (χ2v) is 3.67. The number of carbonyl (C=O) groups excluding carboxylic acids is 1. The van der Waals surface area contributed by atoms with Gasteiger partial charge in [0.15, 0.2) is 0 Å². The van der Waals surface area contributed by atoms with Crippen molar-refractivity contribution in [1.82, 2.24) is 10.6 Å². The first-order valence-corrected chi connectivity index (χ1v) is 4.95. The van der Waals surface area contributed by atoms with E-state index in [9.17, 15) is 9.90 Å². The maximum Gasteiger partial charge on any atom is 0.246 e. The third-order valence-corrected chi connectivity index (χ3v) is 2.62. The number of nitrogens with one attached hydrogen (secondary N) is 2. The molecule has 1 aliphatic rings. The van der Waals surface area contributed by atoms with E-state index in [4.69, 9.17) is 0 Å². The Labute approximate surface area is 84.4 Å². The van der Waals surface area contributed by atoms with E-state index in [0.717, 1.165) is 6.54 Å². The molecule has 0 aromatic carbocycles. The Kier molecular flexibility index (Phi) is 4.10. The maximum atomic E-state index is 11.4. The lowest BCUT2D eigenvalue weighted by molar-refractivity contribution is -0.117. The van der Waals surface area contributed by atoms with Gasteiger partial charge in [-0.15, -0.1) is 0 Å². The number of aliphatic hydroxyl groups is 1. The van der Waals surface area contributed by atoms with Crippen LogP contribution in [0.5, 0.6) is 0 Å². The van der Waals surface area contributed by atoms with Crippen LogP contribution in [0, 0.1) is 5.92 Å². The quantitative estimate of drug-likeness (QED) is 0.543. The zero-order chi connectivity index (χ0) is 10.6. The molecule has 2 unspecified atom stereocenters. The first-order valence-electron chi connectivity index (χ1n) is 4.95. The Bertz CT molecular complexity index is 238. The highest BCUT2D eigenvalue weighted by molar-refractivity contribution is 5.92. The van der Waals surface area contributed by atoms with Gasteiger partial charge < -0.3 is 15.7 Å². The zero-order valence-electron chi connectivity index (χ0n) is 8.71. The summed E-state index contributed by atoms with van der Waals surface area (Å²) in [6.07, 6.45) is 1.44. The van der Waals surface area contributed by atoms with Gasteiger partial charge in [-0.2, -0.15) is 0 Å². The second-order valence-electron chi connectivity index (χ2n) is 3.67. The normalized spacial score (nSPS) is 27.8. The number of carbonyl (C=O) groups is 1. The average molecular weight is 198 g/mol. The van der Waals surface area contributed by atoms with Crippen LogP contribution >= 0.6 is 0 Å². The van der Waals surface area contributed by atoms with Gasteiger partial charge in [0.2, 0.25) is 5.91 Å². The molecule has 4 heteroatoms. The van der Waals surface area contributed by atoms with E-state index >= 15 is 0 Å². The fraction of sp³-hybridized carbons (Fsp3) is 0.700. The first-order chi connectivity index (χ1) is 6.65. The summed E-state index contributed by atoms with van der Waals surface area (Å²) >= 11 is 0. The molecule has 0 aromatic heterocycles. The molecule has 1 heterocycles. The minimum atomic E-state index is -0.332. The molecule has 1 fully saturated rings. The summed E-state index contributed by atoms with van der Waals surface area (Å²) in [5.41, 5.74) is 0.713. The van der Waals surface area contributed by atoms with Crippen LogP contribution in [0.25, 0.3) is 0 Å². The molecular formula is C10H18N2O2. The van der Waals surface area contributed by atoms with Gasteiger partial charge >= 0.3 is 0 Å². The van der Waals surface area contributed by atoms with Crippen LogP contribution in [0.4, 0.5) is 0 Å². The molecule has 0 saturated carbocycles. The first kappa shape index (κ1) is 11.2. The Morgan fingerprint density at radius 3 is 2.86 bits per heavy atom. The molecule has 4 nitrogen and oxygen atoms in total. The number of allylic oxidation sites excluding steroid dienone is 1. The number of β-amino-alcohol motifs (C(OH)–C–C–N with tert-alkyl or cyclic N) is 1. The van der Waals surface area contributed by atoms with Gasteiger partial charge in [-0.05, 0) is 13.8 Å². The van der Waals surface area contributed by atoms with Crippen molar-refractivity contribution >= 4 is 5.91 Å². The molecule has 80 valence electrons. The summed E-state index contributed by atoms with van der Waals surface area (Å²) in [7, 11) is 0. The lowest BCUT2D eigenvalue weighted by Gasteiger charge is -2.13. The van der Waals surface area contributed by atoms with Gasteiger partial charge in [0, 0.05) is 31.1 Å². The van der Waals surface area contributed by atoms with E-state index in [1.165, 1.54) is 0 Å². The molecule has 0 aromatic rings. The van der Waals surface area contributed by atoms with Crippen molar-refractivity contribution in [2.45, 2.75) is 20.0 Å². The topological polar surface area (TPSA) is 61.4 Å². The monoisotopic (exact) mass is 198 g/mol. The van der Waals surface area contributed by atoms with E-state index in [1.807, 2.05) is 6.92 Å². The SMILES string of the molecule is C/C=C(/C)C(=O)NCC1CNCC1O. The minimum absolute atomic E-state index is 0.0494. The van der Waals surface area contributed by atoms with E-state index in [0.29, 0.717) is 18.7 Å². The van der Waals surface area contributed by atoms with E-state index in [1.54, 1.807) is 13.0 Å². The lowest BCUT2D eigenvalue weighted by Crippen LogP contribution is -2.34. The molecule has 1 aliphatic heterocycles. The van der Waals surface area contributed by atoms with Crippen molar-refractivity contribution in [3.05, 3.63) is 11.6 Å². The van der Waals surface area contributed by atoms with Gasteiger partial charge in [-0.1, -0.05) is 6.08 Å². The predicted molar refractivity (Wildman–Crippen MR) is 54.8 cm³/mol. The van der Waals surface area contributed by atoms with Crippen LogP contribution in [0.2, 0.25) is 0 Å². The summed E-state index contributed by atoms with van der Waals surface area (Å²) < 4.78 is 0. The number of hydrogen-bond donors (Lipinski definition) is 3. The standard InChI is InChI=1S/C10H18N2O2/c1-3-7(2)10(14)12-5-8-4-11-6-9(8)13/h3,8-9,11,13H,4-6H2,1-2H3,(H,12,14)/b7-3-. The number of aliphatic hydroxyl groups excluding tert-OH is 1. The lowest BCUT2D eigenvalue weighted by atomic mass is 10.1. The zero-order valence-corrected chi connectivity index (χ0v) is 8.71. The average Bonchev–Trinajstić information content (AvgIpc) is 2.59. The Balaban J connectivity index is 2.30. The highest BCUT2D eigenvalue weighted by Gasteiger charge is 2.24. The van der Waals surface area contributed by atoms with E-state index in [-0.39, 0.29) is 17.9 Å². The van der Waals surface area contributed by atoms with Crippen LogP contribution in [0.1, 0.15) is 13.8 Å². The third kappa shape index (κ3) is 2.82. The molecular weight excluding hydrogens is 180 g/mol. The molecule has 2 atom stereocenters. The Morgan fingerprint density at radius 1 is 1.64 bits per heavy atom. The largest absolute Gasteiger partial charge is 0.391 e. The molecule has 3 N–H and O–H groups in total. The van der Waals surface area contributed by atoms with Crippen molar-refractivity contribution in [3.8, 4) is 0 Å². The highest BCUT2D eigenvalue weighted by Crippen LogP contribution is 2.07. The van der Waals surface area contributed by atoms with Gasteiger partial charge in [0.1, 0.15) is 0 Å². The number of rotatable bonds is 3. The third-order valence-electron chi connectivity index (χ3n) is 2.62. The summed E-state index contributed by atoms with van der Waals surface area (Å²) in [5.74, 6) is 0.0928. The van der Waals surface area contributed by atoms with Crippen molar-refractivity contribution in [2.75, 3.05) is 19.6 Å². The van der Waals surface area contributed by atoms with Crippen LogP contribution in [0.15, 0.2) is 11.6 Å². The van der Waals surface area contributed by atoms with Crippen LogP contribution in [-0.4, -0.2) is 36.8 Å². The minimum Gasteiger partial charge on any atom is -0.391 e. The second kappa shape index (κ2) is 5.12. The molecule has 1 amide bonds. The Hall–Kier alpha value is -0.870. The van der Waals surface area contributed by atoms with Crippen LogP contribution in [0.3, 0.4) is 0 Å². The van der Waals surface area contributed by atoms with Gasteiger partial charge in [0.05, 0.1) is 6.10 Å². The fourth-order valence-corrected chi connectivity index (χ4v) is 1.42. The number of hydrogen-bond acceptors (Lipinski definition) is 3. The Morgan fingerprint density at radius 2 is 2.36 bits per heavy atom. The number of amides is 1. The van der Waals surface area contributed by atoms with Crippen molar-refractivity contribution in [2.24, 2.45) is 5.92 Å². The molecule has 0 spiro atoms. The van der Waals surface area contributed by atoms with Crippen molar-refractivity contribution in [1.29, 1.82) is 0 Å². The van der Waals surface area contributed by atoms with Crippen LogP contribution < -0.4 is 10.6 Å². The van der Waals surface area contributed by atoms with E-state index < -0.39 is 0 Å². The fourth-order valence-electron chi connectivity index (χ4n) is 1.42. The van der Waals surface area contributed by atoms with Crippen molar-refractivity contribution < 1.29 is 9.90 Å².